The van der Waals surface area contributed by atoms with Crippen molar-refractivity contribution in [2.45, 2.75) is 51.5 Å². The highest BCUT2D eigenvalue weighted by molar-refractivity contribution is 5.87. The van der Waals surface area contributed by atoms with E-state index >= 15 is 0 Å². The molecule has 0 fully saturated rings. The minimum atomic E-state index is -0.696. The lowest BCUT2D eigenvalue weighted by Gasteiger charge is -2.26. The van der Waals surface area contributed by atoms with Gasteiger partial charge >= 0.3 is 5.97 Å². The number of carbonyl (C=O) groups is 1. The van der Waals surface area contributed by atoms with Gasteiger partial charge in [-0.15, -0.1) is 0 Å². The summed E-state index contributed by atoms with van der Waals surface area (Å²) in [6, 6.07) is 8.55. The minimum Gasteiger partial charge on any atom is -0.481 e. The van der Waals surface area contributed by atoms with Gasteiger partial charge < -0.3 is 9.67 Å². The molecule has 1 aliphatic rings. The maximum absolute atomic E-state index is 10.9. The third kappa shape index (κ3) is 1.84. The molecule has 20 heavy (non-hydrogen) atoms. The molecule has 3 heteroatoms. The molecule has 0 bridgehead atoms. The van der Waals surface area contributed by atoms with Gasteiger partial charge in [-0.2, -0.15) is 0 Å². The van der Waals surface area contributed by atoms with Crippen molar-refractivity contribution in [2.75, 3.05) is 0 Å². The predicted octanol–water partition coefficient (Wildman–Crippen LogP) is 3.73. The number of aromatic nitrogens is 1. The van der Waals surface area contributed by atoms with Crippen molar-refractivity contribution >= 4 is 16.9 Å². The summed E-state index contributed by atoms with van der Waals surface area (Å²) >= 11 is 0. The van der Waals surface area contributed by atoms with Gasteiger partial charge in [-0.25, -0.2) is 0 Å². The van der Waals surface area contributed by atoms with Crippen molar-refractivity contribution in [1.82, 2.24) is 4.57 Å². The number of carboxylic acid groups (broad SMARTS) is 1. The van der Waals surface area contributed by atoms with Crippen LogP contribution < -0.4 is 0 Å². The van der Waals surface area contributed by atoms with Crippen LogP contribution in [0.1, 0.15) is 44.4 Å². The minimum absolute atomic E-state index is 0.00273. The Morgan fingerprint density at radius 1 is 1.40 bits per heavy atom. The van der Waals surface area contributed by atoms with Gasteiger partial charge in [-0.05, 0) is 37.8 Å². The van der Waals surface area contributed by atoms with Crippen LogP contribution in [0.5, 0.6) is 0 Å². The van der Waals surface area contributed by atoms with Gasteiger partial charge in [-0.1, -0.05) is 25.1 Å². The molecule has 106 valence electrons. The van der Waals surface area contributed by atoms with Crippen LogP contribution in [0.2, 0.25) is 0 Å². The molecule has 1 aliphatic carbocycles. The highest BCUT2D eigenvalue weighted by Gasteiger charge is 2.39. The number of carboxylic acids is 1. The average Bonchev–Trinajstić information content (AvgIpc) is 2.94. The molecule has 0 radical (unpaired) electrons. The van der Waals surface area contributed by atoms with E-state index in [1.807, 2.05) is 0 Å². The summed E-state index contributed by atoms with van der Waals surface area (Å²) in [6.07, 6.45) is 3.11. The van der Waals surface area contributed by atoms with Crippen LogP contribution in [0.3, 0.4) is 0 Å². The van der Waals surface area contributed by atoms with Gasteiger partial charge in [0.15, 0.2) is 0 Å². The summed E-state index contributed by atoms with van der Waals surface area (Å²) in [5.41, 5.74) is 4.11. The van der Waals surface area contributed by atoms with E-state index in [1.165, 1.54) is 22.2 Å². The fraction of sp³-hybridized carbons (Fsp3) is 0.471. The van der Waals surface area contributed by atoms with Crippen molar-refractivity contribution in [3.05, 3.63) is 35.5 Å². The molecule has 0 spiro atoms. The first kappa shape index (κ1) is 13.2. The summed E-state index contributed by atoms with van der Waals surface area (Å²) in [4.78, 5) is 10.9. The predicted molar refractivity (Wildman–Crippen MR) is 80.2 cm³/mol. The number of fused-ring (bicyclic) bond motifs is 3. The summed E-state index contributed by atoms with van der Waals surface area (Å²) in [5.74, 6) is -0.696. The number of aliphatic carboxylic acids is 1. The standard InChI is InChI=1S/C17H21NO2/c1-3-18-14-7-5-4-6-12(14)13-8-10-17(2,16(13)18)11-9-15(19)20/h4-7H,3,8-11H2,1-2H3,(H,19,20)/t17-/m0/s1. The molecule has 0 saturated heterocycles. The van der Waals surface area contributed by atoms with E-state index in [4.69, 9.17) is 5.11 Å². The summed E-state index contributed by atoms with van der Waals surface area (Å²) in [6.45, 7) is 5.34. The maximum atomic E-state index is 10.9. The quantitative estimate of drug-likeness (QED) is 0.920. The number of nitrogens with zero attached hydrogens (tertiary/aromatic N) is 1. The topological polar surface area (TPSA) is 42.2 Å². The first-order chi connectivity index (χ1) is 9.57. The van der Waals surface area contributed by atoms with Gasteiger partial charge in [0.25, 0.3) is 0 Å². The zero-order valence-electron chi connectivity index (χ0n) is 12.1. The van der Waals surface area contributed by atoms with Gasteiger partial charge in [0.2, 0.25) is 0 Å². The summed E-state index contributed by atoms with van der Waals surface area (Å²) in [7, 11) is 0. The number of hydrogen-bond donors (Lipinski definition) is 1. The van der Waals surface area contributed by atoms with E-state index in [0.29, 0.717) is 0 Å². The molecule has 3 nitrogen and oxygen atoms in total. The Labute approximate surface area is 119 Å². The Kier molecular flexibility index (Phi) is 3.08. The lowest BCUT2D eigenvalue weighted by molar-refractivity contribution is -0.137. The second-order valence-electron chi connectivity index (χ2n) is 6.04. The average molecular weight is 271 g/mol. The molecular formula is C17H21NO2. The molecular weight excluding hydrogens is 250 g/mol. The highest BCUT2D eigenvalue weighted by Crippen LogP contribution is 2.46. The Morgan fingerprint density at radius 3 is 2.85 bits per heavy atom. The summed E-state index contributed by atoms with van der Waals surface area (Å²) in [5, 5.41) is 10.3. The van der Waals surface area contributed by atoms with Crippen molar-refractivity contribution in [2.24, 2.45) is 0 Å². The van der Waals surface area contributed by atoms with E-state index in [2.05, 4.69) is 42.7 Å². The number of rotatable bonds is 4. The molecule has 0 aliphatic heterocycles. The second-order valence-corrected chi connectivity index (χ2v) is 6.04. The normalized spacial score (nSPS) is 21.3. The lowest BCUT2D eigenvalue weighted by atomic mass is 9.82. The van der Waals surface area contributed by atoms with Crippen LogP contribution in [0.15, 0.2) is 24.3 Å². The highest BCUT2D eigenvalue weighted by atomic mass is 16.4. The Hall–Kier alpha value is -1.77. The molecule has 1 atom stereocenters. The number of para-hydroxylation sites is 1. The van der Waals surface area contributed by atoms with Crippen LogP contribution >= 0.6 is 0 Å². The largest absolute Gasteiger partial charge is 0.481 e. The third-order valence-electron chi connectivity index (χ3n) is 4.78. The Morgan fingerprint density at radius 2 is 2.15 bits per heavy atom. The van der Waals surface area contributed by atoms with Gasteiger partial charge in [0, 0.05) is 35.0 Å². The SMILES string of the molecule is CCn1c2c(c3ccccc31)CC[C@@]2(C)CCC(=O)O. The van der Waals surface area contributed by atoms with Gasteiger partial charge in [0.1, 0.15) is 0 Å². The Balaban J connectivity index is 2.14. The van der Waals surface area contributed by atoms with Crippen LogP contribution in [0.4, 0.5) is 0 Å². The second kappa shape index (κ2) is 4.65. The zero-order chi connectivity index (χ0) is 14.3. The maximum Gasteiger partial charge on any atom is 0.303 e. The van der Waals surface area contributed by atoms with Crippen molar-refractivity contribution < 1.29 is 9.90 Å². The van der Waals surface area contributed by atoms with E-state index in [-0.39, 0.29) is 11.8 Å². The zero-order valence-corrected chi connectivity index (χ0v) is 12.1. The lowest BCUT2D eigenvalue weighted by Crippen LogP contribution is -2.23. The molecule has 1 heterocycles. The van der Waals surface area contributed by atoms with Gasteiger partial charge in [0.05, 0.1) is 0 Å². The first-order valence-electron chi connectivity index (χ1n) is 7.39. The van der Waals surface area contributed by atoms with E-state index in [9.17, 15) is 4.79 Å². The number of hydrogen-bond acceptors (Lipinski definition) is 1. The first-order valence-corrected chi connectivity index (χ1v) is 7.39. The summed E-state index contributed by atoms with van der Waals surface area (Å²) < 4.78 is 2.39. The Bertz CT molecular complexity index is 656. The monoisotopic (exact) mass is 271 g/mol. The molecule has 1 N–H and O–H groups in total. The van der Waals surface area contributed by atoms with Crippen molar-refractivity contribution in [1.29, 1.82) is 0 Å². The van der Waals surface area contributed by atoms with Crippen LogP contribution in [-0.2, 0) is 23.2 Å². The third-order valence-corrected chi connectivity index (χ3v) is 4.78. The van der Waals surface area contributed by atoms with E-state index in [1.54, 1.807) is 0 Å². The van der Waals surface area contributed by atoms with Crippen LogP contribution in [0, 0.1) is 0 Å². The van der Waals surface area contributed by atoms with Crippen LogP contribution in [0.25, 0.3) is 10.9 Å². The molecule has 3 rings (SSSR count). The molecule has 1 aromatic heterocycles. The number of aryl methyl sites for hydroxylation is 2. The molecule has 0 amide bonds. The number of benzene rings is 1. The molecule has 1 aromatic carbocycles. The molecule has 2 aromatic rings. The molecule has 0 unspecified atom stereocenters. The van der Waals surface area contributed by atoms with Crippen LogP contribution in [-0.4, -0.2) is 15.6 Å². The fourth-order valence-corrected chi connectivity index (χ4v) is 3.79. The van der Waals surface area contributed by atoms with E-state index in [0.717, 1.165) is 25.8 Å². The van der Waals surface area contributed by atoms with Crippen molar-refractivity contribution in [3.63, 3.8) is 0 Å². The molecule has 0 saturated carbocycles. The fourth-order valence-electron chi connectivity index (χ4n) is 3.79. The van der Waals surface area contributed by atoms with E-state index < -0.39 is 5.97 Å². The smallest absolute Gasteiger partial charge is 0.303 e. The van der Waals surface area contributed by atoms with Crippen molar-refractivity contribution in [3.8, 4) is 0 Å². The van der Waals surface area contributed by atoms with Gasteiger partial charge in [-0.3, -0.25) is 4.79 Å².